The molecule has 2 rings (SSSR count). The van der Waals surface area contributed by atoms with Crippen molar-refractivity contribution in [3.05, 3.63) is 58.1 Å². The van der Waals surface area contributed by atoms with Crippen molar-refractivity contribution in [3.63, 3.8) is 0 Å². The molecule has 0 heterocycles. The van der Waals surface area contributed by atoms with Crippen LogP contribution in [0.3, 0.4) is 0 Å². The van der Waals surface area contributed by atoms with Crippen LogP contribution in [0.1, 0.15) is 27.8 Å². The Balaban J connectivity index is 2.35. The van der Waals surface area contributed by atoms with E-state index in [2.05, 4.69) is 4.74 Å². The molecule has 7 heteroatoms. The summed E-state index contributed by atoms with van der Waals surface area (Å²) in [7, 11) is 1.17. The summed E-state index contributed by atoms with van der Waals surface area (Å²) < 4.78 is 54.9. The first-order chi connectivity index (χ1) is 12.1. The zero-order valence-corrected chi connectivity index (χ0v) is 14.9. The molecule has 140 valence electrons. The third kappa shape index (κ3) is 4.47. The summed E-state index contributed by atoms with van der Waals surface area (Å²) in [5.41, 5.74) is 1.54. The smallest absolute Gasteiger partial charge is 0.488 e. The van der Waals surface area contributed by atoms with Crippen LogP contribution >= 0.6 is 0 Å². The summed E-state index contributed by atoms with van der Waals surface area (Å²) in [6.07, 6.45) is -5.45. The minimum absolute atomic E-state index is 0.175. The Hall–Kier alpha value is -2.70. The van der Waals surface area contributed by atoms with Gasteiger partial charge in [-0.15, -0.1) is 0 Å². The first-order valence-electron chi connectivity index (χ1n) is 7.79. The summed E-state index contributed by atoms with van der Waals surface area (Å²) in [4.78, 5) is 11.4. The topological polar surface area (TPSA) is 44.8 Å². The second-order valence-corrected chi connectivity index (χ2v) is 5.83. The van der Waals surface area contributed by atoms with Gasteiger partial charge in [-0.1, -0.05) is 12.1 Å². The lowest BCUT2D eigenvalue weighted by Gasteiger charge is -2.18. The second-order valence-electron chi connectivity index (χ2n) is 5.83. The molecule has 2 aromatic rings. The molecule has 0 aliphatic carbocycles. The van der Waals surface area contributed by atoms with E-state index >= 15 is 0 Å². The van der Waals surface area contributed by atoms with Crippen molar-refractivity contribution in [2.75, 3.05) is 7.11 Å². The highest BCUT2D eigenvalue weighted by Gasteiger charge is 2.35. The molecule has 0 N–H and O–H groups in total. The highest BCUT2D eigenvalue weighted by Crippen LogP contribution is 2.38. The zero-order chi connectivity index (χ0) is 19.5. The van der Waals surface area contributed by atoms with Gasteiger partial charge in [0, 0.05) is 5.56 Å². The third-order valence-corrected chi connectivity index (χ3v) is 4.00. The number of aryl methyl sites for hydroxylation is 3. The number of hydrogen-bond acceptors (Lipinski definition) is 4. The number of methoxy groups -OCH3 is 1. The SMILES string of the molecule is COC(=O)Oc1cccc(C)c1COc1cc(C)c(C)cc1C(F)(F)F. The van der Waals surface area contributed by atoms with E-state index < -0.39 is 17.9 Å². The van der Waals surface area contributed by atoms with Crippen LogP contribution in [0.25, 0.3) is 0 Å². The van der Waals surface area contributed by atoms with Gasteiger partial charge in [0.05, 0.1) is 12.7 Å². The van der Waals surface area contributed by atoms with Crippen LogP contribution in [0.5, 0.6) is 11.5 Å². The van der Waals surface area contributed by atoms with E-state index in [1.807, 2.05) is 0 Å². The molecule has 2 aromatic carbocycles. The van der Waals surface area contributed by atoms with Gasteiger partial charge < -0.3 is 14.2 Å². The molecule has 0 aromatic heterocycles. The average molecular weight is 368 g/mol. The number of ether oxygens (including phenoxy) is 3. The second kappa shape index (κ2) is 7.68. The molecule has 0 bridgehead atoms. The lowest BCUT2D eigenvalue weighted by molar-refractivity contribution is -0.139. The molecule has 0 fully saturated rings. The van der Waals surface area contributed by atoms with E-state index in [4.69, 9.17) is 9.47 Å². The van der Waals surface area contributed by atoms with Gasteiger partial charge in [-0.25, -0.2) is 4.79 Å². The van der Waals surface area contributed by atoms with Crippen molar-refractivity contribution in [1.82, 2.24) is 0 Å². The molecule has 0 aliphatic rings. The van der Waals surface area contributed by atoms with Gasteiger partial charge >= 0.3 is 12.3 Å². The Kier molecular flexibility index (Phi) is 5.79. The molecule has 0 radical (unpaired) electrons. The van der Waals surface area contributed by atoms with Gasteiger partial charge in [0.15, 0.2) is 0 Å². The van der Waals surface area contributed by atoms with Gasteiger partial charge in [0.25, 0.3) is 0 Å². The first kappa shape index (κ1) is 19.6. The van der Waals surface area contributed by atoms with Crippen molar-refractivity contribution >= 4 is 6.16 Å². The molecule has 4 nitrogen and oxygen atoms in total. The largest absolute Gasteiger partial charge is 0.513 e. The molecule has 0 unspecified atom stereocenters. The maximum Gasteiger partial charge on any atom is 0.513 e. The van der Waals surface area contributed by atoms with Gasteiger partial charge in [-0.05, 0) is 55.7 Å². The van der Waals surface area contributed by atoms with E-state index in [0.717, 1.165) is 6.07 Å². The lowest BCUT2D eigenvalue weighted by Crippen LogP contribution is -2.12. The number of carbonyl (C=O) groups excluding carboxylic acids is 1. The summed E-state index contributed by atoms with van der Waals surface area (Å²) in [5.74, 6) is -0.0953. The van der Waals surface area contributed by atoms with Crippen molar-refractivity contribution in [1.29, 1.82) is 0 Å². The first-order valence-corrected chi connectivity index (χ1v) is 7.79. The van der Waals surface area contributed by atoms with Crippen LogP contribution in [0, 0.1) is 20.8 Å². The molecule has 26 heavy (non-hydrogen) atoms. The summed E-state index contributed by atoms with van der Waals surface area (Å²) >= 11 is 0. The highest BCUT2D eigenvalue weighted by atomic mass is 19.4. The van der Waals surface area contributed by atoms with E-state index in [1.54, 1.807) is 32.9 Å². The molecule has 0 spiro atoms. The number of rotatable bonds is 4. The molecular formula is C19H19F3O4. The van der Waals surface area contributed by atoms with Crippen molar-refractivity contribution in [3.8, 4) is 11.5 Å². The molecule has 0 saturated heterocycles. The Morgan fingerprint density at radius 2 is 1.65 bits per heavy atom. The minimum Gasteiger partial charge on any atom is -0.488 e. The monoisotopic (exact) mass is 368 g/mol. The number of halogens is 3. The van der Waals surface area contributed by atoms with Crippen LogP contribution in [-0.2, 0) is 17.5 Å². The number of alkyl halides is 3. The Morgan fingerprint density at radius 3 is 2.27 bits per heavy atom. The summed E-state index contributed by atoms with van der Waals surface area (Å²) in [5, 5.41) is 0. The van der Waals surface area contributed by atoms with Crippen LogP contribution in [0.2, 0.25) is 0 Å². The predicted molar refractivity (Wildman–Crippen MR) is 89.5 cm³/mol. The molecule has 0 amide bonds. The Morgan fingerprint density at radius 1 is 1.00 bits per heavy atom. The van der Waals surface area contributed by atoms with Crippen molar-refractivity contribution in [2.45, 2.75) is 33.6 Å². The van der Waals surface area contributed by atoms with E-state index in [1.165, 1.54) is 19.2 Å². The standard InChI is InChI=1S/C19H19F3O4/c1-11-6-5-7-16(26-18(23)24-4)14(11)10-25-17-9-13(3)12(2)8-15(17)19(20,21)22/h5-9H,10H2,1-4H3. The Labute approximate surface area is 149 Å². The number of benzene rings is 2. The minimum atomic E-state index is -4.54. The molecule has 0 atom stereocenters. The number of carbonyl (C=O) groups is 1. The maximum absolute atomic E-state index is 13.3. The molecule has 0 aliphatic heterocycles. The van der Waals surface area contributed by atoms with Crippen LogP contribution in [0.15, 0.2) is 30.3 Å². The van der Waals surface area contributed by atoms with Gasteiger partial charge in [-0.2, -0.15) is 13.2 Å². The average Bonchev–Trinajstić information content (AvgIpc) is 2.56. The maximum atomic E-state index is 13.3. The molecular weight excluding hydrogens is 349 g/mol. The fraction of sp³-hybridized carbons (Fsp3) is 0.316. The third-order valence-electron chi connectivity index (χ3n) is 4.00. The quantitative estimate of drug-likeness (QED) is 0.539. The zero-order valence-electron chi connectivity index (χ0n) is 14.9. The van der Waals surface area contributed by atoms with E-state index in [0.29, 0.717) is 22.3 Å². The lowest BCUT2D eigenvalue weighted by atomic mass is 10.0. The van der Waals surface area contributed by atoms with Crippen molar-refractivity contribution in [2.24, 2.45) is 0 Å². The van der Waals surface area contributed by atoms with Gasteiger partial charge in [0.1, 0.15) is 18.1 Å². The van der Waals surface area contributed by atoms with E-state index in [-0.39, 0.29) is 18.1 Å². The van der Waals surface area contributed by atoms with Crippen molar-refractivity contribution < 1.29 is 32.2 Å². The van der Waals surface area contributed by atoms with Gasteiger partial charge in [0.2, 0.25) is 0 Å². The van der Waals surface area contributed by atoms with Crippen LogP contribution < -0.4 is 9.47 Å². The normalized spacial score (nSPS) is 11.2. The fourth-order valence-corrected chi connectivity index (χ4v) is 2.37. The van der Waals surface area contributed by atoms with Gasteiger partial charge in [-0.3, -0.25) is 0 Å². The van der Waals surface area contributed by atoms with Crippen LogP contribution in [0.4, 0.5) is 18.0 Å². The van der Waals surface area contributed by atoms with E-state index in [9.17, 15) is 18.0 Å². The molecule has 0 saturated carbocycles. The Bertz CT molecular complexity index is 813. The number of hydrogen-bond donors (Lipinski definition) is 0. The summed E-state index contributed by atoms with van der Waals surface area (Å²) in [6, 6.07) is 7.35. The van der Waals surface area contributed by atoms with Crippen LogP contribution in [-0.4, -0.2) is 13.3 Å². The highest BCUT2D eigenvalue weighted by molar-refractivity contribution is 5.64. The fourth-order valence-electron chi connectivity index (χ4n) is 2.37. The summed E-state index contributed by atoms with van der Waals surface area (Å²) in [6.45, 7) is 4.87. The predicted octanol–water partition coefficient (Wildman–Crippen LogP) is 5.35.